The van der Waals surface area contributed by atoms with Crippen molar-refractivity contribution in [2.24, 2.45) is 0 Å². The summed E-state index contributed by atoms with van der Waals surface area (Å²) >= 11 is 1.57. The van der Waals surface area contributed by atoms with Crippen LogP contribution in [0.1, 0.15) is 16.8 Å². The maximum atomic E-state index is 11.7. The van der Waals surface area contributed by atoms with E-state index < -0.39 is 5.97 Å². The van der Waals surface area contributed by atoms with Crippen LogP contribution in [0.5, 0.6) is 0 Å². The Labute approximate surface area is 138 Å². The first kappa shape index (κ1) is 15.2. The molecule has 0 bridgehead atoms. The van der Waals surface area contributed by atoms with Gasteiger partial charge in [0, 0.05) is 12.1 Å². The smallest absolute Gasteiger partial charge is 0.331 e. The van der Waals surface area contributed by atoms with Crippen molar-refractivity contribution in [1.29, 1.82) is 0 Å². The molecule has 0 fully saturated rings. The molecule has 0 atom stereocenters. The van der Waals surface area contributed by atoms with E-state index in [0.29, 0.717) is 11.5 Å². The van der Waals surface area contributed by atoms with Crippen molar-refractivity contribution in [2.45, 2.75) is 13.5 Å². The summed E-state index contributed by atoms with van der Waals surface area (Å²) in [4.78, 5) is 12.7. The second-order valence-electron chi connectivity index (χ2n) is 5.01. The van der Waals surface area contributed by atoms with E-state index in [1.165, 1.54) is 11.6 Å². The second kappa shape index (κ2) is 7.07. The zero-order valence-corrected chi connectivity index (χ0v) is 13.4. The zero-order chi connectivity index (χ0) is 16.1. The second-order valence-corrected chi connectivity index (χ2v) is 5.96. The van der Waals surface area contributed by atoms with Crippen molar-refractivity contribution in [3.05, 3.63) is 70.7 Å². The molecule has 5 heteroatoms. The van der Waals surface area contributed by atoms with Gasteiger partial charge in [-0.25, -0.2) is 4.79 Å². The molecule has 4 nitrogen and oxygen atoms in total. The van der Waals surface area contributed by atoms with Gasteiger partial charge in [-0.2, -0.15) is 0 Å². The number of esters is 1. The number of benzene rings is 1. The molecule has 0 radical (unpaired) electrons. The van der Waals surface area contributed by atoms with Gasteiger partial charge in [-0.3, -0.25) is 0 Å². The molecule has 2 heterocycles. The summed E-state index contributed by atoms with van der Waals surface area (Å²) in [5, 5.41) is 5.87. The molecule has 0 amide bonds. The third kappa shape index (κ3) is 4.17. The number of aryl methyl sites for hydroxylation is 1. The number of hydrogen-bond acceptors (Lipinski definition) is 5. The van der Waals surface area contributed by atoms with Gasteiger partial charge >= 0.3 is 5.97 Å². The fourth-order valence-electron chi connectivity index (χ4n) is 1.95. The van der Waals surface area contributed by atoms with Crippen LogP contribution in [0.25, 0.3) is 16.7 Å². The predicted molar refractivity (Wildman–Crippen MR) is 89.8 cm³/mol. The molecule has 23 heavy (non-hydrogen) atoms. The minimum Gasteiger partial charge on any atom is -0.456 e. The summed E-state index contributed by atoms with van der Waals surface area (Å²) in [6, 6.07) is 13.6. The highest BCUT2D eigenvalue weighted by Gasteiger charge is 2.08. The fourth-order valence-corrected chi connectivity index (χ4v) is 2.62. The molecule has 0 aliphatic rings. The van der Waals surface area contributed by atoms with Gasteiger partial charge in [0.15, 0.2) is 5.76 Å². The molecule has 0 spiro atoms. The Morgan fingerprint density at radius 1 is 1.30 bits per heavy atom. The number of carbonyl (C=O) groups excluding carboxylic acids is 1. The molecule has 116 valence electrons. The maximum absolute atomic E-state index is 11.7. The van der Waals surface area contributed by atoms with Gasteiger partial charge in [0.25, 0.3) is 0 Å². The van der Waals surface area contributed by atoms with E-state index in [1.807, 2.05) is 48.7 Å². The van der Waals surface area contributed by atoms with Crippen molar-refractivity contribution in [1.82, 2.24) is 5.16 Å². The van der Waals surface area contributed by atoms with Crippen molar-refractivity contribution >= 4 is 23.4 Å². The number of carbonyl (C=O) groups is 1. The number of thiophene rings is 1. The topological polar surface area (TPSA) is 52.3 Å². The first-order chi connectivity index (χ1) is 11.2. The van der Waals surface area contributed by atoms with Gasteiger partial charge in [-0.1, -0.05) is 41.1 Å². The van der Waals surface area contributed by atoms with Crippen molar-refractivity contribution in [3.8, 4) is 10.6 Å². The Bertz CT molecular complexity index is 801. The van der Waals surface area contributed by atoms with Gasteiger partial charge in [0.05, 0.1) is 4.88 Å². The maximum Gasteiger partial charge on any atom is 0.331 e. The summed E-state index contributed by atoms with van der Waals surface area (Å²) in [6.45, 7) is 2.11. The van der Waals surface area contributed by atoms with Crippen molar-refractivity contribution < 1.29 is 14.1 Å². The third-order valence-corrected chi connectivity index (χ3v) is 4.06. The monoisotopic (exact) mass is 325 g/mol. The van der Waals surface area contributed by atoms with Gasteiger partial charge in [-0.15, -0.1) is 11.3 Å². The normalized spacial score (nSPS) is 11.0. The summed E-state index contributed by atoms with van der Waals surface area (Å²) in [5.74, 6) is 0.271. The lowest BCUT2D eigenvalue weighted by molar-refractivity contribution is -0.139. The highest BCUT2D eigenvalue weighted by molar-refractivity contribution is 7.13. The van der Waals surface area contributed by atoms with Crippen LogP contribution >= 0.6 is 11.3 Å². The Morgan fingerprint density at radius 2 is 2.13 bits per heavy atom. The molecule has 3 rings (SSSR count). The van der Waals surface area contributed by atoms with Crippen molar-refractivity contribution in [3.63, 3.8) is 0 Å². The zero-order valence-electron chi connectivity index (χ0n) is 12.6. The first-order valence-electron chi connectivity index (χ1n) is 7.12. The molecule has 0 aliphatic carbocycles. The molecule has 0 saturated heterocycles. The molecular formula is C18H15NO3S. The van der Waals surface area contributed by atoms with E-state index in [2.05, 4.69) is 5.16 Å². The van der Waals surface area contributed by atoms with E-state index in [1.54, 1.807) is 23.5 Å². The van der Waals surface area contributed by atoms with Gasteiger partial charge in [0.2, 0.25) is 0 Å². The highest BCUT2D eigenvalue weighted by atomic mass is 32.1. The minimum absolute atomic E-state index is 0.0892. The molecule has 0 N–H and O–H groups in total. The Hall–Kier alpha value is -2.66. The van der Waals surface area contributed by atoms with Crippen LogP contribution < -0.4 is 0 Å². The largest absolute Gasteiger partial charge is 0.456 e. The van der Waals surface area contributed by atoms with Gasteiger partial charge < -0.3 is 9.26 Å². The quantitative estimate of drug-likeness (QED) is 0.513. The molecule has 0 unspecified atom stereocenters. The van der Waals surface area contributed by atoms with E-state index in [9.17, 15) is 4.79 Å². The standard InChI is InChI=1S/C18H15NO3S/c1-13-4-6-14(7-5-13)8-9-18(20)21-12-15-11-16(22-19-15)17-3-2-10-23-17/h2-11H,12H2,1H3/b9-8+. The van der Waals surface area contributed by atoms with Gasteiger partial charge in [0.1, 0.15) is 12.3 Å². The third-order valence-electron chi connectivity index (χ3n) is 3.17. The number of hydrogen-bond donors (Lipinski definition) is 0. The highest BCUT2D eigenvalue weighted by Crippen LogP contribution is 2.25. The van der Waals surface area contributed by atoms with Crippen molar-refractivity contribution in [2.75, 3.05) is 0 Å². The molecule has 3 aromatic rings. The summed E-state index contributed by atoms with van der Waals surface area (Å²) in [6.07, 6.45) is 3.13. The van der Waals surface area contributed by atoms with Crippen LogP contribution in [0.15, 0.2) is 58.4 Å². The predicted octanol–water partition coefficient (Wildman–Crippen LogP) is 4.47. The SMILES string of the molecule is Cc1ccc(/C=C/C(=O)OCc2cc(-c3cccs3)on2)cc1. The van der Waals surface area contributed by atoms with Crippen LogP contribution in [-0.4, -0.2) is 11.1 Å². The lowest BCUT2D eigenvalue weighted by atomic mass is 10.1. The molecular weight excluding hydrogens is 310 g/mol. The molecule has 1 aromatic carbocycles. The Kier molecular flexibility index (Phi) is 4.68. The van der Waals surface area contributed by atoms with E-state index in [-0.39, 0.29) is 6.61 Å². The summed E-state index contributed by atoms with van der Waals surface area (Å²) in [5.41, 5.74) is 2.72. The number of nitrogens with zero attached hydrogens (tertiary/aromatic N) is 1. The van der Waals surface area contributed by atoms with Crippen LogP contribution in [0.4, 0.5) is 0 Å². The van der Waals surface area contributed by atoms with Crippen LogP contribution in [-0.2, 0) is 16.1 Å². The minimum atomic E-state index is -0.411. The molecule has 0 aliphatic heterocycles. The van der Waals surface area contributed by atoms with Crippen LogP contribution in [0.2, 0.25) is 0 Å². The van der Waals surface area contributed by atoms with E-state index in [4.69, 9.17) is 9.26 Å². The summed E-state index contributed by atoms with van der Waals surface area (Å²) < 4.78 is 10.4. The van der Waals surface area contributed by atoms with Crippen LogP contribution in [0, 0.1) is 6.92 Å². The van der Waals surface area contributed by atoms with E-state index in [0.717, 1.165) is 10.4 Å². The lowest BCUT2D eigenvalue weighted by Crippen LogP contribution is -2.00. The molecule has 2 aromatic heterocycles. The summed E-state index contributed by atoms with van der Waals surface area (Å²) in [7, 11) is 0. The van der Waals surface area contributed by atoms with Crippen LogP contribution in [0.3, 0.4) is 0 Å². The number of rotatable bonds is 5. The average Bonchev–Trinajstić information content (AvgIpc) is 3.23. The fraction of sp³-hybridized carbons (Fsp3) is 0.111. The average molecular weight is 325 g/mol. The lowest BCUT2D eigenvalue weighted by Gasteiger charge is -1.98. The van der Waals surface area contributed by atoms with E-state index >= 15 is 0 Å². The first-order valence-corrected chi connectivity index (χ1v) is 8.00. The number of ether oxygens (including phenoxy) is 1. The van der Waals surface area contributed by atoms with Gasteiger partial charge in [-0.05, 0) is 30.0 Å². The Balaban J connectivity index is 1.54. The molecule has 0 saturated carbocycles. The number of aromatic nitrogens is 1. The Morgan fingerprint density at radius 3 is 2.87 bits per heavy atom.